The molecule has 1 aliphatic heterocycles. The number of fused-ring (bicyclic) bond motifs is 1. The van der Waals surface area contributed by atoms with Crippen LogP contribution < -0.4 is 19.1 Å². The zero-order valence-corrected chi connectivity index (χ0v) is 26.2. The number of carbonyl (C=O) groups is 2. The van der Waals surface area contributed by atoms with E-state index in [1.807, 2.05) is 68.4 Å². The first-order valence-corrected chi connectivity index (χ1v) is 16.3. The van der Waals surface area contributed by atoms with Gasteiger partial charge in [-0.05, 0) is 49.2 Å². The Morgan fingerprint density at radius 1 is 0.822 bits per heavy atom. The summed E-state index contributed by atoms with van der Waals surface area (Å²) in [6.07, 6.45) is 0.250. The highest BCUT2D eigenvalue weighted by molar-refractivity contribution is 7.92. The highest BCUT2D eigenvalue weighted by Gasteiger charge is 2.35. The van der Waals surface area contributed by atoms with Crippen LogP contribution in [0.25, 0.3) is 0 Å². The Morgan fingerprint density at radius 2 is 1.47 bits per heavy atom. The average molecular weight is 628 g/mol. The molecule has 0 saturated carbocycles. The van der Waals surface area contributed by atoms with Crippen molar-refractivity contribution in [3.05, 3.63) is 120 Å². The molecule has 45 heavy (non-hydrogen) atoms. The van der Waals surface area contributed by atoms with Gasteiger partial charge >= 0.3 is 0 Å². The van der Waals surface area contributed by atoms with E-state index in [0.29, 0.717) is 31.3 Å². The van der Waals surface area contributed by atoms with Crippen LogP contribution in [0.4, 0.5) is 5.69 Å². The maximum atomic E-state index is 14.5. The fraction of sp³-hybridized carbons (Fsp3) is 0.257. The van der Waals surface area contributed by atoms with Crippen molar-refractivity contribution in [3.8, 4) is 11.5 Å². The SMILES string of the molecule is CCNC(=O)C(Cc1ccccc1)N(Cc1ccc(C)cc1)C(=O)CN(c1ccc2c(c1)OCCO2)S(=O)(=O)c1ccccc1. The number of likely N-dealkylation sites (N-methyl/N-ethyl adjacent to an activating group) is 1. The van der Waals surface area contributed by atoms with Gasteiger partial charge in [0.05, 0.1) is 10.6 Å². The number of aryl methyl sites for hydroxylation is 1. The second-order valence-corrected chi connectivity index (χ2v) is 12.6. The lowest BCUT2D eigenvalue weighted by Crippen LogP contribution is -2.53. The van der Waals surface area contributed by atoms with Crippen LogP contribution in [0.15, 0.2) is 108 Å². The maximum Gasteiger partial charge on any atom is 0.264 e. The fourth-order valence-corrected chi connectivity index (χ4v) is 6.60. The molecule has 0 aliphatic carbocycles. The molecule has 0 radical (unpaired) electrons. The van der Waals surface area contributed by atoms with E-state index < -0.39 is 28.5 Å². The Balaban J connectivity index is 1.57. The van der Waals surface area contributed by atoms with Gasteiger partial charge in [-0.1, -0.05) is 78.4 Å². The number of carbonyl (C=O) groups excluding carboxylic acids is 2. The molecule has 0 aromatic heterocycles. The van der Waals surface area contributed by atoms with Crippen LogP contribution in [0.3, 0.4) is 0 Å². The van der Waals surface area contributed by atoms with Gasteiger partial charge in [0.1, 0.15) is 25.8 Å². The molecule has 1 aliphatic rings. The number of anilines is 1. The maximum absolute atomic E-state index is 14.5. The molecule has 1 N–H and O–H groups in total. The molecule has 1 unspecified atom stereocenters. The lowest BCUT2D eigenvalue weighted by Gasteiger charge is -2.34. The molecule has 10 heteroatoms. The summed E-state index contributed by atoms with van der Waals surface area (Å²) in [5, 5.41) is 2.88. The predicted molar refractivity (Wildman–Crippen MR) is 173 cm³/mol. The first-order chi connectivity index (χ1) is 21.8. The molecule has 9 nitrogen and oxygen atoms in total. The van der Waals surface area contributed by atoms with Gasteiger partial charge < -0.3 is 19.7 Å². The van der Waals surface area contributed by atoms with E-state index in [2.05, 4.69) is 5.32 Å². The molecule has 5 rings (SSSR count). The van der Waals surface area contributed by atoms with Gasteiger partial charge in [-0.25, -0.2) is 8.42 Å². The number of amides is 2. The summed E-state index contributed by atoms with van der Waals surface area (Å²) in [6.45, 7) is 4.43. The molecule has 2 amide bonds. The second kappa shape index (κ2) is 14.3. The van der Waals surface area contributed by atoms with E-state index in [1.165, 1.54) is 17.0 Å². The van der Waals surface area contributed by atoms with Crippen molar-refractivity contribution in [2.75, 3.05) is 30.6 Å². The van der Waals surface area contributed by atoms with E-state index in [1.54, 1.807) is 36.4 Å². The van der Waals surface area contributed by atoms with E-state index >= 15 is 0 Å². The van der Waals surface area contributed by atoms with Gasteiger partial charge in [0, 0.05) is 25.6 Å². The van der Waals surface area contributed by atoms with Gasteiger partial charge in [-0.2, -0.15) is 0 Å². The quantitative estimate of drug-likeness (QED) is 0.243. The Bertz CT molecular complexity index is 1710. The minimum Gasteiger partial charge on any atom is -0.486 e. The van der Waals surface area contributed by atoms with Crippen molar-refractivity contribution < 1.29 is 27.5 Å². The molecule has 234 valence electrons. The van der Waals surface area contributed by atoms with Crippen LogP contribution in [-0.4, -0.2) is 57.5 Å². The number of sulfonamides is 1. The largest absolute Gasteiger partial charge is 0.486 e. The van der Waals surface area contributed by atoms with Crippen molar-refractivity contribution in [1.29, 1.82) is 0 Å². The molecule has 0 fully saturated rings. The Labute approximate surface area is 264 Å². The molecule has 1 heterocycles. The smallest absolute Gasteiger partial charge is 0.264 e. The molecule has 0 spiro atoms. The van der Waals surface area contributed by atoms with Crippen molar-refractivity contribution in [3.63, 3.8) is 0 Å². The van der Waals surface area contributed by atoms with E-state index in [9.17, 15) is 18.0 Å². The zero-order valence-electron chi connectivity index (χ0n) is 25.4. The van der Waals surface area contributed by atoms with E-state index in [-0.39, 0.29) is 29.5 Å². The molecule has 0 bridgehead atoms. The summed E-state index contributed by atoms with van der Waals surface area (Å²) >= 11 is 0. The predicted octanol–water partition coefficient (Wildman–Crippen LogP) is 4.74. The number of nitrogens with zero attached hydrogens (tertiary/aromatic N) is 2. The summed E-state index contributed by atoms with van der Waals surface area (Å²) in [7, 11) is -4.21. The van der Waals surface area contributed by atoms with Crippen molar-refractivity contribution >= 4 is 27.5 Å². The minimum atomic E-state index is -4.21. The molecule has 4 aromatic carbocycles. The topological polar surface area (TPSA) is 105 Å². The van der Waals surface area contributed by atoms with Crippen molar-refractivity contribution in [1.82, 2.24) is 10.2 Å². The second-order valence-electron chi connectivity index (χ2n) is 10.8. The number of nitrogens with one attached hydrogen (secondary N) is 1. The highest BCUT2D eigenvalue weighted by Crippen LogP contribution is 2.36. The van der Waals surface area contributed by atoms with Gasteiger partial charge in [0.2, 0.25) is 11.8 Å². The number of hydrogen-bond acceptors (Lipinski definition) is 6. The first kappa shape index (κ1) is 31.6. The van der Waals surface area contributed by atoms with Gasteiger partial charge in [0.25, 0.3) is 10.0 Å². The van der Waals surface area contributed by atoms with Crippen molar-refractivity contribution in [2.24, 2.45) is 0 Å². The summed E-state index contributed by atoms with van der Waals surface area (Å²) in [6, 6.07) is 29.0. The molecular formula is C35H37N3O6S. The number of benzene rings is 4. The standard InChI is InChI=1S/C35H37N3O6S/c1-3-36-35(40)31(22-27-10-6-4-7-11-27)37(24-28-16-14-26(2)15-17-28)34(39)25-38(45(41,42)30-12-8-5-9-13-30)29-18-19-32-33(23-29)44-21-20-43-32/h4-19,23,31H,3,20-22,24-25H2,1-2H3,(H,36,40). The van der Waals surface area contributed by atoms with Crippen LogP contribution in [0.1, 0.15) is 23.6 Å². The number of rotatable bonds is 12. The Morgan fingerprint density at radius 3 is 2.13 bits per heavy atom. The Kier molecular flexibility index (Phi) is 10.0. The lowest BCUT2D eigenvalue weighted by molar-refractivity contribution is -0.140. The third kappa shape index (κ3) is 7.64. The third-order valence-electron chi connectivity index (χ3n) is 7.52. The van der Waals surface area contributed by atoms with E-state index in [4.69, 9.17) is 9.47 Å². The van der Waals surface area contributed by atoms with E-state index in [0.717, 1.165) is 21.0 Å². The lowest BCUT2D eigenvalue weighted by atomic mass is 10.0. The van der Waals surface area contributed by atoms with Crippen LogP contribution in [0, 0.1) is 6.92 Å². The third-order valence-corrected chi connectivity index (χ3v) is 9.31. The Hall–Kier alpha value is -4.83. The number of ether oxygens (including phenoxy) is 2. The van der Waals surface area contributed by atoms with Gasteiger partial charge in [0.15, 0.2) is 11.5 Å². The number of hydrogen-bond donors (Lipinski definition) is 1. The van der Waals surface area contributed by atoms with Crippen LogP contribution >= 0.6 is 0 Å². The molecular weight excluding hydrogens is 590 g/mol. The fourth-order valence-electron chi connectivity index (χ4n) is 5.17. The first-order valence-electron chi connectivity index (χ1n) is 14.9. The van der Waals surface area contributed by atoms with Gasteiger partial charge in [-0.15, -0.1) is 0 Å². The molecule has 0 saturated heterocycles. The summed E-state index contributed by atoms with van der Waals surface area (Å²) in [4.78, 5) is 29.6. The normalized spacial score (nSPS) is 13.0. The van der Waals surface area contributed by atoms with Crippen LogP contribution in [-0.2, 0) is 32.6 Å². The monoisotopic (exact) mass is 627 g/mol. The minimum absolute atomic E-state index is 0.0299. The summed E-state index contributed by atoms with van der Waals surface area (Å²) < 4.78 is 40.8. The molecule has 4 aromatic rings. The van der Waals surface area contributed by atoms with Crippen LogP contribution in [0.5, 0.6) is 11.5 Å². The highest BCUT2D eigenvalue weighted by atomic mass is 32.2. The summed E-state index contributed by atoms with van der Waals surface area (Å²) in [5.41, 5.74) is 2.98. The van der Waals surface area contributed by atoms with Gasteiger partial charge in [-0.3, -0.25) is 13.9 Å². The average Bonchev–Trinajstić information content (AvgIpc) is 3.06. The zero-order chi connectivity index (χ0) is 31.8. The van der Waals surface area contributed by atoms with Crippen molar-refractivity contribution in [2.45, 2.75) is 37.8 Å². The molecule has 1 atom stereocenters. The van der Waals surface area contributed by atoms with Crippen LogP contribution in [0.2, 0.25) is 0 Å². The summed E-state index contributed by atoms with van der Waals surface area (Å²) in [5.74, 6) is 0.0320.